The highest BCUT2D eigenvalue weighted by Gasteiger charge is 2.19. The van der Waals surface area contributed by atoms with Gasteiger partial charge in [0.2, 0.25) is 5.95 Å². The van der Waals surface area contributed by atoms with Gasteiger partial charge in [-0.2, -0.15) is 0 Å². The van der Waals surface area contributed by atoms with E-state index in [0.717, 1.165) is 56.1 Å². The molecular weight excluding hydrogens is 212 g/mol. The molecule has 4 nitrogen and oxygen atoms in total. The van der Waals surface area contributed by atoms with Crippen LogP contribution in [-0.4, -0.2) is 29.1 Å². The van der Waals surface area contributed by atoms with Gasteiger partial charge in [-0.15, -0.1) is 0 Å². The van der Waals surface area contributed by atoms with Crippen LogP contribution in [0.15, 0.2) is 6.07 Å². The van der Waals surface area contributed by atoms with Crippen molar-refractivity contribution >= 4 is 5.95 Å². The summed E-state index contributed by atoms with van der Waals surface area (Å²) in [6.07, 6.45) is 4.18. The second-order valence-electron chi connectivity index (χ2n) is 4.71. The molecule has 0 saturated carbocycles. The minimum atomic E-state index is 0.266. The summed E-state index contributed by atoms with van der Waals surface area (Å²) in [5.74, 6) is 0.872. The Hall–Kier alpha value is -1.16. The molecule has 0 spiro atoms. The molecule has 0 radical (unpaired) electrons. The predicted molar refractivity (Wildman–Crippen MR) is 70.2 cm³/mol. The number of rotatable bonds is 3. The van der Waals surface area contributed by atoms with E-state index in [1.165, 1.54) is 0 Å². The maximum atomic E-state index is 6.01. The Morgan fingerprint density at radius 3 is 2.47 bits per heavy atom. The average Bonchev–Trinajstić information content (AvgIpc) is 2.38. The molecule has 0 aliphatic carbocycles. The van der Waals surface area contributed by atoms with Crippen LogP contribution in [0.2, 0.25) is 0 Å². The summed E-state index contributed by atoms with van der Waals surface area (Å²) >= 11 is 0. The molecule has 1 aliphatic rings. The third kappa shape index (κ3) is 2.94. The molecule has 4 heteroatoms. The number of hydrogen-bond donors (Lipinski definition) is 1. The molecular formula is C13H22N4. The van der Waals surface area contributed by atoms with Crippen molar-refractivity contribution in [3.63, 3.8) is 0 Å². The molecule has 0 aromatic carbocycles. The summed E-state index contributed by atoms with van der Waals surface area (Å²) < 4.78 is 0. The summed E-state index contributed by atoms with van der Waals surface area (Å²) in [5, 5.41) is 0. The van der Waals surface area contributed by atoms with Gasteiger partial charge in [0.25, 0.3) is 0 Å². The Balaban J connectivity index is 2.23. The van der Waals surface area contributed by atoms with E-state index in [0.29, 0.717) is 0 Å². The molecule has 2 N–H and O–H groups in total. The first-order valence-corrected chi connectivity index (χ1v) is 6.60. The number of hydrogen-bond acceptors (Lipinski definition) is 4. The Morgan fingerprint density at radius 2 is 1.94 bits per heavy atom. The second-order valence-corrected chi connectivity index (χ2v) is 4.71. The summed E-state index contributed by atoms with van der Waals surface area (Å²) in [7, 11) is 0. The van der Waals surface area contributed by atoms with Gasteiger partial charge in [0, 0.05) is 30.5 Å². The molecule has 94 valence electrons. The van der Waals surface area contributed by atoms with Gasteiger partial charge >= 0.3 is 0 Å². The lowest BCUT2D eigenvalue weighted by Gasteiger charge is -2.31. The van der Waals surface area contributed by atoms with Crippen LogP contribution in [-0.2, 0) is 12.8 Å². The van der Waals surface area contributed by atoms with Crippen LogP contribution in [0.4, 0.5) is 5.95 Å². The Kier molecular flexibility index (Phi) is 3.94. The van der Waals surface area contributed by atoms with Gasteiger partial charge in [-0.1, -0.05) is 13.8 Å². The van der Waals surface area contributed by atoms with Crippen molar-refractivity contribution in [3.05, 3.63) is 17.5 Å². The van der Waals surface area contributed by atoms with Gasteiger partial charge in [0.05, 0.1) is 0 Å². The maximum absolute atomic E-state index is 6.01. The van der Waals surface area contributed by atoms with Crippen molar-refractivity contribution in [1.82, 2.24) is 9.97 Å². The third-order valence-electron chi connectivity index (χ3n) is 3.29. The van der Waals surface area contributed by atoms with E-state index in [1.54, 1.807) is 0 Å². The van der Waals surface area contributed by atoms with E-state index in [9.17, 15) is 0 Å². The zero-order valence-corrected chi connectivity index (χ0v) is 10.8. The standard InChI is InChI=1S/C13H22N4/c1-3-11-8-12(4-2)16-13(15-11)17-7-5-6-10(14)9-17/h8,10H,3-7,9,14H2,1-2H3/t10-/m1/s1. The van der Waals surface area contributed by atoms with Gasteiger partial charge < -0.3 is 10.6 Å². The lowest BCUT2D eigenvalue weighted by atomic mass is 10.1. The topological polar surface area (TPSA) is 55.0 Å². The minimum absolute atomic E-state index is 0.266. The Morgan fingerprint density at radius 1 is 1.29 bits per heavy atom. The fraction of sp³-hybridized carbons (Fsp3) is 0.692. The van der Waals surface area contributed by atoms with E-state index in [2.05, 4.69) is 34.8 Å². The molecule has 0 amide bonds. The van der Waals surface area contributed by atoms with Crippen LogP contribution in [0, 0.1) is 0 Å². The number of nitrogens with zero attached hydrogens (tertiary/aromatic N) is 3. The average molecular weight is 234 g/mol. The number of piperidine rings is 1. The van der Waals surface area contributed by atoms with Crippen LogP contribution < -0.4 is 10.6 Å². The zero-order valence-electron chi connectivity index (χ0n) is 10.8. The van der Waals surface area contributed by atoms with Crippen LogP contribution in [0.5, 0.6) is 0 Å². The summed E-state index contributed by atoms with van der Waals surface area (Å²) in [6, 6.07) is 2.37. The number of aryl methyl sites for hydroxylation is 2. The fourth-order valence-electron chi connectivity index (χ4n) is 2.23. The monoisotopic (exact) mass is 234 g/mol. The smallest absolute Gasteiger partial charge is 0.225 e. The summed E-state index contributed by atoms with van der Waals surface area (Å²) in [4.78, 5) is 11.5. The van der Waals surface area contributed by atoms with E-state index >= 15 is 0 Å². The molecule has 1 aromatic rings. The summed E-state index contributed by atoms with van der Waals surface area (Å²) in [5.41, 5.74) is 8.27. The lowest BCUT2D eigenvalue weighted by molar-refractivity contribution is 0.499. The highest BCUT2D eigenvalue weighted by Crippen LogP contribution is 2.17. The molecule has 1 saturated heterocycles. The van der Waals surface area contributed by atoms with Crippen molar-refractivity contribution in [1.29, 1.82) is 0 Å². The molecule has 0 unspecified atom stereocenters. The molecule has 1 atom stereocenters. The highest BCUT2D eigenvalue weighted by molar-refractivity contribution is 5.33. The van der Waals surface area contributed by atoms with Gasteiger partial charge in [-0.25, -0.2) is 9.97 Å². The Bertz CT molecular complexity index is 355. The van der Waals surface area contributed by atoms with E-state index in [1.807, 2.05) is 0 Å². The quantitative estimate of drug-likeness (QED) is 0.861. The molecule has 1 fully saturated rings. The van der Waals surface area contributed by atoms with Crippen LogP contribution in [0.3, 0.4) is 0 Å². The zero-order chi connectivity index (χ0) is 12.3. The summed E-state index contributed by atoms with van der Waals surface area (Å²) in [6.45, 7) is 6.18. The van der Waals surface area contributed by atoms with E-state index < -0.39 is 0 Å². The van der Waals surface area contributed by atoms with Gasteiger partial charge in [-0.3, -0.25) is 0 Å². The van der Waals surface area contributed by atoms with Crippen molar-refractivity contribution in [3.8, 4) is 0 Å². The molecule has 1 aromatic heterocycles. The van der Waals surface area contributed by atoms with Crippen molar-refractivity contribution < 1.29 is 0 Å². The first-order valence-electron chi connectivity index (χ1n) is 6.60. The molecule has 2 heterocycles. The minimum Gasteiger partial charge on any atom is -0.339 e. The normalized spacial score (nSPS) is 20.6. The van der Waals surface area contributed by atoms with E-state index in [4.69, 9.17) is 5.73 Å². The number of anilines is 1. The molecule has 17 heavy (non-hydrogen) atoms. The highest BCUT2D eigenvalue weighted by atomic mass is 15.3. The maximum Gasteiger partial charge on any atom is 0.225 e. The number of aromatic nitrogens is 2. The lowest BCUT2D eigenvalue weighted by Crippen LogP contribution is -2.43. The largest absolute Gasteiger partial charge is 0.339 e. The van der Waals surface area contributed by atoms with Gasteiger partial charge in [0.1, 0.15) is 0 Å². The van der Waals surface area contributed by atoms with Crippen LogP contribution in [0.25, 0.3) is 0 Å². The van der Waals surface area contributed by atoms with Crippen LogP contribution >= 0.6 is 0 Å². The van der Waals surface area contributed by atoms with Crippen LogP contribution in [0.1, 0.15) is 38.1 Å². The molecule has 1 aliphatic heterocycles. The van der Waals surface area contributed by atoms with Crippen molar-refractivity contribution in [2.75, 3.05) is 18.0 Å². The molecule has 2 rings (SSSR count). The van der Waals surface area contributed by atoms with Gasteiger partial charge in [0.15, 0.2) is 0 Å². The number of nitrogens with two attached hydrogens (primary N) is 1. The molecule has 0 bridgehead atoms. The van der Waals surface area contributed by atoms with Crippen molar-refractivity contribution in [2.24, 2.45) is 5.73 Å². The van der Waals surface area contributed by atoms with Gasteiger partial charge in [-0.05, 0) is 31.7 Å². The SMILES string of the molecule is CCc1cc(CC)nc(N2CCC[C@@H](N)C2)n1. The third-order valence-corrected chi connectivity index (χ3v) is 3.29. The second kappa shape index (κ2) is 5.45. The van der Waals surface area contributed by atoms with Crippen molar-refractivity contribution in [2.45, 2.75) is 45.6 Å². The first-order chi connectivity index (χ1) is 8.22. The first kappa shape index (κ1) is 12.3. The Labute approximate surface area is 103 Å². The predicted octanol–water partition coefficient (Wildman–Crippen LogP) is 1.53. The fourth-order valence-corrected chi connectivity index (χ4v) is 2.23. The van der Waals surface area contributed by atoms with E-state index in [-0.39, 0.29) is 6.04 Å².